The molecule has 1 aliphatic heterocycles. The summed E-state index contributed by atoms with van der Waals surface area (Å²) in [6.45, 7) is 0. The van der Waals surface area contributed by atoms with Crippen molar-refractivity contribution in [2.24, 2.45) is 0 Å². The quantitative estimate of drug-likeness (QED) is 0.552. The lowest BCUT2D eigenvalue weighted by Crippen LogP contribution is -2.29. The summed E-state index contributed by atoms with van der Waals surface area (Å²) in [7, 11) is 2.30. The molecule has 0 amide bonds. The molecule has 0 saturated carbocycles. The van der Waals surface area contributed by atoms with Crippen LogP contribution >= 0.6 is 0 Å². The summed E-state index contributed by atoms with van der Waals surface area (Å²) in [5.74, 6) is 0. The molecule has 0 N–H and O–H groups in total. The number of benzene rings is 2. The monoisotopic (exact) mass is 191 g/mol. The second-order valence-electron chi connectivity index (χ2n) is 4.04. The standard InChI is InChI=1S/C14H12B/c1-3-7-13-11(5-1)9-10-12-6-2-4-8-14(12)15-13/h1-8H,9-10H2. The highest BCUT2D eigenvalue weighted by Crippen LogP contribution is 2.07. The van der Waals surface area contributed by atoms with Gasteiger partial charge in [-0.25, -0.2) is 0 Å². The minimum Gasteiger partial charge on any atom is -0.0783 e. The first-order chi connectivity index (χ1) is 7.43. The maximum Gasteiger partial charge on any atom is 0.192 e. The van der Waals surface area contributed by atoms with Gasteiger partial charge in [0, 0.05) is 0 Å². The molecule has 0 bridgehead atoms. The Morgan fingerprint density at radius 1 is 0.667 bits per heavy atom. The van der Waals surface area contributed by atoms with Crippen LogP contribution in [0.2, 0.25) is 0 Å². The number of fused-ring (bicyclic) bond motifs is 2. The van der Waals surface area contributed by atoms with Crippen molar-refractivity contribution in [3.8, 4) is 0 Å². The van der Waals surface area contributed by atoms with E-state index in [9.17, 15) is 0 Å². The largest absolute Gasteiger partial charge is 0.192 e. The Hall–Kier alpha value is -1.50. The summed E-state index contributed by atoms with van der Waals surface area (Å²) in [4.78, 5) is 0. The van der Waals surface area contributed by atoms with Crippen molar-refractivity contribution < 1.29 is 0 Å². The van der Waals surface area contributed by atoms with Gasteiger partial charge < -0.3 is 0 Å². The van der Waals surface area contributed by atoms with E-state index >= 15 is 0 Å². The predicted octanol–water partition coefficient (Wildman–Crippen LogP) is 1.44. The highest BCUT2D eigenvalue weighted by atomic mass is 14.1. The fourth-order valence-corrected chi connectivity index (χ4v) is 2.24. The highest BCUT2D eigenvalue weighted by Gasteiger charge is 2.12. The van der Waals surface area contributed by atoms with Gasteiger partial charge in [0.25, 0.3) is 0 Å². The van der Waals surface area contributed by atoms with Gasteiger partial charge in [0.05, 0.1) is 0 Å². The van der Waals surface area contributed by atoms with Gasteiger partial charge in [-0.1, -0.05) is 70.6 Å². The first-order valence-corrected chi connectivity index (χ1v) is 5.44. The van der Waals surface area contributed by atoms with Gasteiger partial charge in [-0.15, -0.1) is 0 Å². The third-order valence-electron chi connectivity index (χ3n) is 3.08. The lowest BCUT2D eigenvalue weighted by Gasteiger charge is -2.03. The minimum atomic E-state index is 1.16. The van der Waals surface area contributed by atoms with Crippen LogP contribution in [0.3, 0.4) is 0 Å². The molecule has 0 fully saturated rings. The normalized spacial score (nSPS) is 13.3. The summed E-state index contributed by atoms with van der Waals surface area (Å²) in [5.41, 5.74) is 5.69. The van der Waals surface area contributed by atoms with Crippen molar-refractivity contribution in [1.29, 1.82) is 0 Å². The number of hydrogen-bond acceptors (Lipinski definition) is 0. The molecule has 1 heterocycles. The first-order valence-electron chi connectivity index (χ1n) is 5.44. The second kappa shape index (κ2) is 3.58. The van der Waals surface area contributed by atoms with Crippen molar-refractivity contribution in [3.63, 3.8) is 0 Å². The van der Waals surface area contributed by atoms with Gasteiger partial charge in [-0.3, -0.25) is 0 Å². The molecule has 1 heteroatoms. The maximum atomic E-state index is 2.30. The average molecular weight is 191 g/mol. The second-order valence-corrected chi connectivity index (χ2v) is 4.04. The molecule has 0 atom stereocenters. The van der Waals surface area contributed by atoms with Crippen LogP contribution in [0, 0.1) is 0 Å². The molecule has 3 rings (SSSR count). The molecule has 0 aliphatic carbocycles. The molecule has 2 aromatic carbocycles. The van der Waals surface area contributed by atoms with Crippen molar-refractivity contribution in [1.82, 2.24) is 0 Å². The van der Waals surface area contributed by atoms with Gasteiger partial charge in [-0.05, 0) is 12.8 Å². The van der Waals surface area contributed by atoms with Crippen LogP contribution in [-0.2, 0) is 12.8 Å². The van der Waals surface area contributed by atoms with E-state index in [1.54, 1.807) is 0 Å². The molecule has 15 heavy (non-hydrogen) atoms. The molecule has 0 saturated heterocycles. The molecule has 2 aromatic rings. The molecule has 0 aromatic heterocycles. The summed E-state index contributed by atoms with van der Waals surface area (Å²) >= 11 is 0. The molecule has 71 valence electrons. The van der Waals surface area contributed by atoms with Crippen LogP contribution in [0.5, 0.6) is 0 Å². The smallest absolute Gasteiger partial charge is 0.0783 e. The van der Waals surface area contributed by atoms with Gasteiger partial charge >= 0.3 is 0 Å². The summed E-state index contributed by atoms with van der Waals surface area (Å²) in [5, 5.41) is 0. The van der Waals surface area contributed by atoms with E-state index in [1.807, 2.05) is 0 Å². The fourth-order valence-electron chi connectivity index (χ4n) is 2.24. The minimum absolute atomic E-state index is 1.16. The zero-order valence-corrected chi connectivity index (χ0v) is 8.61. The van der Waals surface area contributed by atoms with E-state index in [1.165, 1.54) is 22.1 Å². The van der Waals surface area contributed by atoms with Crippen molar-refractivity contribution in [3.05, 3.63) is 59.7 Å². The highest BCUT2D eigenvalue weighted by molar-refractivity contribution is 6.68. The van der Waals surface area contributed by atoms with E-state index in [4.69, 9.17) is 0 Å². The van der Waals surface area contributed by atoms with Crippen LogP contribution in [0.25, 0.3) is 0 Å². The SMILES string of the molecule is [B]1c2ccccc2CCc2ccccc21. The summed E-state index contributed by atoms with van der Waals surface area (Å²) < 4.78 is 0. The number of rotatable bonds is 0. The van der Waals surface area contributed by atoms with Crippen LogP contribution in [0.15, 0.2) is 48.5 Å². The zero-order chi connectivity index (χ0) is 10.1. The lowest BCUT2D eigenvalue weighted by atomic mass is 9.62. The molecule has 0 unspecified atom stereocenters. The van der Waals surface area contributed by atoms with Gasteiger partial charge in [-0.2, -0.15) is 0 Å². The van der Waals surface area contributed by atoms with Crippen molar-refractivity contribution >= 4 is 18.2 Å². The van der Waals surface area contributed by atoms with Crippen LogP contribution in [-0.4, -0.2) is 7.28 Å². The Morgan fingerprint density at radius 3 is 1.67 bits per heavy atom. The Balaban J connectivity index is 2.10. The third-order valence-corrected chi connectivity index (χ3v) is 3.08. The van der Waals surface area contributed by atoms with E-state index in [2.05, 4.69) is 55.8 Å². The van der Waals surface area contributed by atoms with E-state index in [0.717, 1.165) is 12.8 Å². The van der Waals surface area contributed by atoms with Crippen LogP contribution in [0.4, 0.5) is 0 Å². The average Bonchev–Trinajstić information content (AvgIpc) is 2.48. The molecular formula is C14H12B. The van der Waals surface area contributed by atoms with Gasteiger partial charge in [0.2, 0.25) is 0 Å². The Kier molecular flexibility index (Phi) is 2.10. The molecule has 1 aliphatic rings. The third kappa shape index (κ3) is 1.59. The Morgan fingerprint density at radius 2 is 1.13 bits per heavy atom. The summed E-state index contributed by atoms with van der Waals surface area (Å²) in [6.07, 6.45) is 2.31. The lowest BCUT2D eigenvalue weighted by molar-refractivity contribution is 0.977. The number of hydrogen-bond donors (Lipinski definition) is 0. The fraction of sp³-hybridized carbons (Fsp3) is 0.143. The summed E-state index contributed by atoms with van der Waals surface area (Å²) in [6, 6.07) is 17.4. The number of aryl methyl sites for hydroxylation is 2. The van der Waals surface area contributed by atoms with Crippen molar-refractivity contribution in [2.75, 3.05) is 0 Å². The Bertz CT molecular complexity index is 443. The first kappa shape index (κ1) is 8.78. The molecule has 0 spiro atoms. The van der Waals surface area contributed by atoms with Gasteiger partial charge in [0.15, 0.2) is 7.28 Å². The van der Waals surface area contributed by atoms with Crippen LogP contribution in [0.1, 0.15) is 11.1 Å². The Labute approximate surface area is 91.2 Å². The topological polar surface area (TPSA) is 0 Å². The van der Waals surface area contributed by atoms with Gasteiger partial charge in [0.1, 0.15) is 0 Å². The molecular weight excluding hydrogens is 179 g/mol. The zero-order valence-electron chi connectivity index (χ0n) is 8.61. The molecule has 0 nitrogen and oxygen atoms in total. The van der Waals surface area contributed by atoms with Crippen molar-refractivity contribution in [2.45, 2.75) is 12.8 Å². The molecule has 1 radical (unpaired) electrons. The maximum absolute atomic E-state index is 2.30. The predicted molar refractivity (Wildman–Crippen MR) is 65.3 cm³/mol. The van der Waals surface area contributed by atoms with E-state index < -0.39 is 0 Å². The van der Waals surface area contributed by atoms with E-state index in [0.29, 0.717) is 0 Å². The van der Waals surface area contributed by atoms with Crippen LogP contribution < -0.4 is 10.9 Å². The van der Waals surface area contributed by atoms with E-state index in [-0.39, 0.29) is 0 Å².